The van der Waals surface area contributed by atoms with Gasteiger partial charge in [0.2, 0.25) is 0 Å². The lowest BCUT2D eigenvalue weighted by Crippen LogP contribution is -2.15. The lowest BCUT2D eigenvalue weighted by atomic mass is 10.3. The number of rotatable bonds is 5. The predicted molar refractivity (Wildman–Crippen MR) is 79.0 cm³/mol. The molecule has 21 heavy (non-hydrogen) atoms. The molecule has 0 saturated carbocycles. The molecule has 1 heterocycles. The minimum Gasteiger partial charge on any atom is -0.495 e. The van der Waals surface area contributed by atoms with E-state index < -0.39 is 10.0 Å². The topological polar surface area (TPSA) is 104 Å². The number of hydrogen-bond donors (Lipinski definition) is 2. The molecule has 0 radical (unpaired) electrons. The molecular formula is C13H15N3O4S. The Hall–Kier alpha value is -2.48. The van der Waals surface area contributed by atoms with E-state index in [1.54, 1.807) is 12.1 Å². The maximum atomic E-state index is 12.4. The Morgan fingerprint density at radius 3 is 2.43 bits per heavy atom. The van der Waals surface area contributed by atoms with E-state index in [1.807, 2.05) is 0 Å². The molecule has 0 aliphatic carbocycles. The Labute approximate surface area is 122 Å². The minimum absolute atomic E-state index is 0.0889. The van der Waals surface area contributed by atoms with Crippen molar-refractivity contribution in [2.75, 3.05) is 24.7 Å². The van der Waals surface area contributed by atoms with E-state index in [0.29, 0.717) is 5.75 Å². The highest BCUT2D eigenvalue weighted by atomic mass is 32.2. The van der Waals surface area contributed by atoms with Crippen molar-refractivity contribution in [3.05, 3.63) is 36.5 Å². The van der Waals surface area contributed by atoms with Crippen LogP contribution in [0.15, 0.2) is 41.4 Å². The predicted octanol–water partition coefficient (Wildman–Crippen LogP) is 1.48. The third-order valence-electron chi connectivity index (χ3n) is 2.71. The van der Waals surface area contributed by atoms with Crippen LogP contribution >= 0.6 is 0 Å². The van der Waals surface area contributed by atoms with Gasteiger partial charge < -0.3 is 15.2 Å². The normalized spacial score (nSPS) is 11.0. The van der Waals surface area contributed by atoms with Crippen LogP contribution in [0.25, 0.3) is 0 Å². The Morgan fingerprint density at radius 1 is 1.14 bits per heavy atom. The second kappa shape index (κ2) is 5.88. The van der Waals surface area contributed by atoms with Crippen LogP contribution in [0.3, 0.4) is 0 Å². The zero-order valence-corrected chi connectivity index (χ0v) is 12.3. The minimum atomic E-state index is -3.88. The molecule has 0 unspecified atom stereocenters. The Balaban J connectivity index is 2.47. The smallest absolute Gasteiger partial charge is 0.266 e. The van der Waals surface area contributed by atoms with Crippen molar-refractivity contribution in [3.8, 4) is 11.5 Å². The van der Waals surface area contributed by atoms with E-state index in [2.05, 4.69) is 9.71 Å². The first-order valence-electron chi connectivity index (χ1n) is 5.93. The van der Waals surface area contributed by atoms with Crippen molar-refractivity contribution < 1.29 is 17.9 Å². The van der Waals surface area contributed by atoms with Gasteiger partial charge in [-0.25, -0.2) is 13.4 Å². The number of nitrogens with one attached hydrogen (secondary N) is 1. The number of hydrogen-bond acceptors (Lipinski definition) is 6. The molecule has 2 rings (SSSR count). The van der Waals surface area contributed by atoms with Crippen molar-refractivity contribution in [3.63, 3.8) is 0 Å². The summed E-state index contributed by atoms with van der Waals surface area (Å²) in [6, 6.07) is 7.59. The highest BCUT2D eigenvalue weighted by Crippen LogP contribution is 2.34. The van der Waals surface area contributed by atoms with Gasteiger partial charge in [-0.3, -0.25) is 4.72 Å². The molecule has 0 aliphatic heterocycles. The number of nitrogens with zero attached hydrogens (tertiary/aromatic N) is 1. The lowest BCUT2D eigenvalue weighted by Gasteiger charge is -2.13. The van der Waals surface area contributed by atoms with Crippen LogP contribution in [0.1, 0.15) is 0 Å². The van der Waals surface area contributed by atoms with Gasteiger partial charge in [-0.15, -0.1) is 0 Å². The van der Waals surface area contributed by atoms with Crippen molar-refractivity contribution >= 4 is 21.5 Å². The molecule has 0 spiro atoms. The van der Waals surface area contributed by atoms with E-state index >= 15 is 0 Å². The molecule has 3 N–H and O–H groups in total. The fourth-order valence-electron chi connectivity index (χ4n) is 1.72. The molecule has 0 saturated heterocycles. The number of nitrogens with two attached hydrogens (primary N) is 1. The van der Waals surface area contributed by atoms with Crippen molar-refractivity contribution in [1.29, 1.82) is 0 Å². The average molecular weight is 309 g/mol. The molecule has 0 aliphatic rings. The second-order valence-corrected chi connectivity index (χ2v) is 5.72. The van der Waals surface area contributed by atoms with Gasteiger partial charge in [0.25, 0.3) is 10.0 Å². The zero-order valence-electron chi connectivity index (χ0n) is 11.5. The summed E-state index contributed by atoms with van der Waals surface area (Å²) in [6.07, 6.45) is 1.48. The summed E-state index contributed by atoms with van der Waals surface area (Å²) in [5.74, 6) is 0.669. The van der Waals surface area contributed by atoms with Gasteiger partial charge in [-0.2, -0.15) is 0 Å². The van der Waals surface area contributed by atoms with E-state index in [0.717, 1.165) is 0 Å². The number of pyridine rings is 1. The summed E-state index contributed by atoms with van der Waals surface area (Å²) < 4.78 is 37.3. The molecule has 0 amide bonds. The van der Waals surface area contributed by atoms with Gasteiger partial charge in [0, 0.05) is 12.3 Å². The fourth-order valence-corrected chi connectivity index (χ4v) is 2.91. The number of aromatic nitrogens is 1. The summed E-state index contributed by atoms with van der Waals surface area (Å²) in [7, 11) is -1.07. The van der Waals surface area contributed by atoms with Crippen LogP contribution in [0.2, 0.25) is 0 Å². The molecular weight excluding hydrogens is 294 g/mol. The number of nitrogen functional groups attached to an aromatic ring is 1. The third kappa shape index (κ3) is 3.16. The Morgan fingerprint density at radius 2 is 1.86 bits per heavy atom. The monoisotopic (exact) mass is 309 g/mol. The molecule has 2 aromatic rings. The van der Waals surface area contributed by atoms with Crippen LogP contribution < -0.4 is 19.9 Å². The van der Waals surface area contributed by atoms with Gasteiger partial charge in [0.1, 0.15) is 22.2 Å². The number of sulfonamides is 1. The van der Waals surface area contributed by atoms with E-state index in [4.69, 9.17) is 15.2 Å². The quantitative estimate of drug-likeness (QED) is 0.811. The summed E-state index contributed by atoms with van der Waals surface area (Å²) in [5.41, 5.74) is 5.95. The van der Waals surface area contributed by atoms with Crippen molar-refractivity contribution in [2.24, 2.45) is 0 Å². The lowest BCUT2D eigenvalue weighted by molar-refractivity contribution is 0.387. The first kappa shape index (κ1) is 14.9. The third-order valence-corrected chi connectivity index (χ3v) is 4.09. The van der Waals surface area contributed by atoms with Gasteiger partial charge >= 0.3 is 0 Å². The summed E-state index contributed by atoms with van der Waals surface area (Å²) >= 11 is 0. The summed E-state index contributed by atoms with van der Waals surface area (Å²) in [5, 5.41) is 0. The summed E-state index contributed by atoms with van der Waals surface area (Å²) in [4.78, 5) is 3.83. The maximum absolute atomic E-state index is 12.4. The van der Waals surface area contributed by atoms with Crippen LogP contribution in [0.4, 0.5) is 11.5 Å². The molecule has 8 heteroatoms. The SMILES string of the molecule is COc1cc(OC)c(S(=O)(=O)Nc2ccccn2)cc1N. The molecule has 7 nitrogen and oxygen atoms in total. The molecule has 1 aromatic carbocycles. The Kier molecular flexibility index (Phi) is 4.18. The van der Waals surface area contributed by atoms with E-state index in [9.17, 15) is 8.42 Å². The molecule has 112 valence electrons. The first-order chi connectivity index (χ1) is 9.97. The largest absolute Gasteiger partial charge is 0.495 e. The zero-order chi connectivity index (χ0) is 15.5. The summed E-state index contributed by atoms with van der Waals surface area (Å²) in [6.45, 7) is 0. The van der Waals surface area contributed by atoms with Crippen LogP contribution in [-0.4, -0.2) is 27.6 Å². The van der Waals surface area contributed by atoms with Crippen molar-refractivity contribution in [2.45, 2.75) is 4.90 Å². The molecule has 0 fully saturated rings. The molecule has 0 atom stereocenters. The highest BCUT2D eigenvalue weighted by molar-refractivity contribution is 7.92. The maximum Gasteiger partial charge on any atom is 0.266 e. The second-order valence-electron chi connectivity index (χ2n) is 4.07. The van der Waals surface area contributed by atoms with Gasteiger partial charge in [-0.1, -0.05) is 6.07 Å². The van der Waals surface area contributed by atoms with Crippen molar-refractivity contribution in [1.82, 2.24) is 4.98 Å². The molecule has 1 aromatic heterocycles. The average Bonchev–Trinajstić information content (AvgIpc) is 2.47. The number of benzene rings is 1. The fraction of sp³-hybridized carbons (Fsp3) is 0.154. The number of methoxy groups -OCH3 is 2. The number of anilines is 2. The Bertz CT molecular complexity index is 733. The standard InChI is InChI=1S/C13H15N3O4S/c1-19-10-8-11(20-2)12(7-9(10)14)21(17,18)16-13-5-3-4-6-15-13/h3-8H,14H2,1-2H3,(H,15,16). The van der Waals surface area contributed by atoms with Gasteiger partial charge in [-0.05, 0) is 18.2 Å². The van der Waals surface area contributed by atoms with Gasteiger partial charge in [0.05, 0.1) is 19.9 Å². The van der Waals surface area contributed by atoms with E-state index in [1.165, 1.54) is 38.6 Å². The van der Waals surface area contributed by atoms with Crippen LogP contribution in [-0.2, 0) is 10.0 Å². The van der Waals surface area contributed by atoms with E-state index in [-0.39, 0.29) is 22.2 Å². The van der Waals surface area contributed by atoms with Crippen LogP contribution in [0.5, 0.6) is 11.5 Å². The molecule has 0 bridgehead atoms. The number of ether oxygens (including phenoxy) is 2. The van der Waals surface area contributed by atoms with Crippen LogP contribution in [0, 0.1) is 0 Å². The van der Waals surface area contributed by atoms with Gasteiger partial charge in [0.15, 0.2) is 0 Å². The first-order valence-corrected chi connectivity index (χ1v) is 7.41. The highest BCUT2D eigenvalue weighted by Gasteiger charge is 2.22.